The van der Waals surface area contributed by atoms with Crippen molar-refractivity contribution in [2.24, 2.45) is 0 Å². The lowest BCUT2D eigenvalue weighted by Crippen LogP contribution is -2.07. The third-order valence-electron chi connectivity index (χ3n) is 1.96. The molecule has 5 nitrogen and oxygen atoms in total. The van der Waals surface area contributed by atoms with Gasteiger partial charge in [0.05, 0.1) is 11.9 Å². The number of nitrogens with zero attached hydrogens (tertiary/aromatic N) is 3. The van der Waals surface area contributed by atoms with E-state index in [-0.39, 0.29) is 5.16 Å². The van der Waals surface area contributed by atoms with Gasteiger partial charge in [0, 0.05) is 6.26 Å². The zero-order valence-electron chi connectivity index (χ0n) is 8.97. The van der Waals surface area contributed by atoms with E-state index in [1.54, 1.807) is 0 Å². The van der Waals surface area contributed by atoms with Crippen LogP contribution in [0.15, 0.2) is 11.4 Å². The van der Waals surface area contributed by atoms with E-state index >= 15 is 0 Å². The first-order valence-corrected chi connectivity index (χ1v) is 6.82. The molecule has 0 aliphatic rings. The summed E-state index contributed by atoms with van der Waals surface area (Å²) in [7, 11) is -3.34. The Morgan fingerprint density at radius 2 is 2.07 bits per heavy atom. The van der Waals surface area contributed by atoms with Crippen molar-refractivity contribution in [3.8, 4) is 0 Å². The minimum atomic E-state index is -3.34. The van der Waals surface area contributed by atoms with Gasteiger partial charge >= 0.3 is 0 Å². The third kappa shape index (κ3) is 3.91. The van der Waals surface area contributed by atoms with Crippen molar-refractivity contribution in [3.05, 3.63) is 11.9 Å². The zero-order chi connectivity index (χ0) is 11.3. The van der Waals surface area contributed by atoms with E-state index < -0.39 is 9.84 Å². The van der Waals surface area contributed by atoms with Crippen molar-refractivity contribution >= 4 is 9.84 Å². The molecule has 0 saturated carbocycles. The van der Waals surface area contributed by atoms with Crippen LogP contribution < -0.4 is 0 Å². The normalized spacial score (nSPS) is 11.6. The molecular weight excluding hydrogens is 214 g/mol. The maximum absolute atomic E-state index is 11.2. The summed E-state index contributed by atoms with van der Waals surface area (Å²) in [6, 6.07) is 0. The summed E-state index contributed by atoms with van der Waals surface area (Å²) < 4.78 is 22.3. The molecule has 0 bridgehead atoms. The topological polar surface area (TPSA) is 72.8 Å². The molecule has 6 heteroatoms. The number of hydrogen-bond acceptors (Lipinski definition) is 5. The summed E-state index contributed by atoms with van der Waals surface area (Å²) in [6.07, 6.45) is 6.59. The second-order valence-corrected chi connectivity index (χ2v) is 5.37. The quantitative estimate of drug-likeness (QED) is 0.704. The molecule has 0 saturated heterocycles. The van der Waals surface area contributed by atoms with Crippen LogP contribution >= 0.6 is 0 Å². The molecule has 15 heavy (non-hydrogen) atoms. The highest BCUT2D eigenvalue weighted by Gasteiger charge is 2.11. The Labute approximate surface area is 89.9 Å². The Morgan fingerprint density at radius 1 is 1.33 bits per heavy atom. The van der Waals surface area contributed by atoms with Crippen molar-refractivity contribution in [3.63, 3.8) is 0 Å². The molecule has 0 aliphatic heterocycles. The van der Waals surface area contributed by atoms with Gasteiger partial charge in [-0.15, -0.1) is 5.10 Å². The largest absolute Gasteiger partial charge is 0.267 e. The van der Waals surface area contributed by atoms with Crippen LogP contribution in [0.5, 0.6) is 0 Å². The number of rotatable bonds is 5. The smallest absolute Gasteiger partial charge is 0.221 e. The van der Waals surface area contributed by atoms with Crippen molar-refractivity contribution < 1.29 is 8.42 Å². The van der Waals surface area contributed by atoms with Crippen molar-refractivity contribution in [1.82, 2.24) is 15.2 Å². The lowest BCUT2D eigenvalue weighted by Gasteiger charge is -2.00. The molecule has 0 atom stereocenters. The second-order valence-electron chi connectivity index (χ2n) is 3.46. The summed E-state index contributed by atoms with van der Waals surface area (Å²) in [4.78, 5) is 3.95. The van der Waals surface area contributed by atoms with E-state index in [0.717, 1.165) is 31.9 Å². The van der Waals surface area contributed by atoms with E-state index in [4.69, 9.17) is 0 Å². The molecule has 1 aromatic heterocycles. The minimum absolute atomic E-state index is 0.184. The van der Waals surface area contributed by atoms with Crippen molar-refractivity contribution in [2.45, 2.75) is 37.8 Å². The van der Waals surface area contributed by atoms with Gasteiger partial charge in [0.2, 0.25) is 9.84 Å². The van der Waals surface area contributed by atoms with Crippen LogP contribution in [0.2, 0.25) is 0 Å². The highest BCUT2D eigenvalue weighted by molar-refractivity contribution is 7.90. The number of hydrogen-bond donors (Lipinski definition) is 0. The molecule has 0 unspecified atom stereocenters. The monoisotopic (exact) mass is 229 g/mol. The standard InChI is InChI=1S/C9H15N3O2S/c1-3-4-5-6-8-7-10-12-9(11-8)15(2,13)14/h7H,3-6H2,1-2H3. The molecule has 84 valence electrons. The molecule has 0 radical (unpaired) electrons. The second kappa shape index (κ2) is 5.16. The summed E-state index contributed by atoms with van der Waals surface area (Å²) in [6.45, 7) is 2.11. The first-order chi connectivity index (χ1) is 7.04. The highest BCUT2D eigenvalue weighted by atomic mass is 32.2. The molecular formula is C9H15N3O2S. The zero-order valence-corrected chi connectivity index (χ0v) is 9.79. The van der Waals surface area contributed by atoms with Crippen LogP contribution in [0, 0.1) is 0 Å². The SMILES string of the molecule is CCCCCc1cnnc(S(C)(=O)=O)n1. The van der Waals surface area contributed by atoms with Gasteiger partial charge in [-0.1, -0.05) is 19.8 Å². The van der Waals surface area contributed by atoms with Gasteiger partial charge in [-0.3, -0.25) is 0 Å². The van der Waals surface area contributed by atoms with Gasteiger partial charge < -0.3 is 0 Å². The molecule has 0 spiro atoms. The summed E-state index contributed by atoms with van der Waals surface area (Å²) in [5.74, 6) is 0. The average molecular weight is 229 g/mol. The third-order valence-corrected chi connectivity index (χ3v) is 2.79. The molecule has 0 N–H and O–H groups in total. The molecule has 0 aromatic carbocycles. The molecule has 1 heterocycles. The Balaban J connectivity index is 2.75. The fourth-order valence-corrected chi connectivity index (χ4v) is 1.63. The number of sulfone groups is 1. The lowest BCUT2D eigenvalue weighted by atomic mass is 10.2. The fourth-order valence-electron chi connectivity index (χ4n) is 1.15. The summed E-state index contributed by atoms with van der Waals surface area (Å²) in [5.41, 5.74) is 0.693. The highest BCUT2D eigenvalue weighted by Crippen LogP contribution is 2.05. The van der Waals surface area contributed by atoms with Crippen molar-refractivity contribution in [2.75, 3.05) is 6.26 Å². The minimum Gasteiger partial charge on any atom is -0.221 e. The van der Waals surface area contributed by atoms with Gasteiger partial charge in [0.1, 0.15) is 0 Å². The van der Waals surface area contributed by atoms with Crippen LogP contribution in [0.1, 0.15) is 31.9 Å². The van der Waals surface area contributed by atoms with Gasteiger partial charge in [-0.2, -0.15) is 5.10 Å². The first kappa shape index (κ1) is 12.0. The maximum atomic E-state index is 11.2. The van der Waals surface area contributed by atoms with Crippen LogP contribution in [0.3, 0.4) is 0 Å². The molecule has 0 amide bonds. The first-order valence-electron chi connectivity index (χ1n) is 4.92. The van der Waals surface area contributed by atoms with E-state index in [1.807, 2.05) is 0 Å². The molecule has 0 aliphatic carbocycles. The predicted molar refractivity (Wildman–Crippen MR) is 56.2 cm³/mol. The number of unbranched alkanes of at least 4 members (excludes halogenated alkanes) is 2. The fraction of sp³-hybridized carbons (Fsp3) is 0.667. The lowest BCUT2D eigenvalue weighted by molar-refractivity contribution is 0.585. The van der Waals surface area contributed by atoms with Crippen molar-refractivity contribution in [1.29, 1.82) is 0 Å². The maximum Gasteiger partial charge on any atom is 0.267 e. The Bertz CT molecular complexity index is 417. The predicted octanol–water partition coefficient (Wildman–Crippen LogP) is 1.01. The molecule has 1 aromatic rings. The Morgan fingerprint density at radius 3 is 2.67 bits per heavy atom. The van der Waals surface area contributed by atoms with Crippen LogP contribution in [0.25, 0.3) is 0 Å². The average Bonchev–Trinajstić information content (AvgIpc) is 2.17. The number of aromatic nitrogens is 3. The van der Waals surface area contributed by atoms with Crippen LogP contribution in [-0.2, 0) is 16.3 Å². The van der Waals surface area contributed by atoms with E-state index in [1.165, 1.54) is 6.20 Å². The van der Waals surface area contributed by atoms with Gasteiger partial charge in [-0.25, -0.2) is 13.4 Å². The Hall–Kier alpha value is -1.04. The molecule has 1 rings (SSSR count). The summed E-state index contributed by atoms with van der Waals surface area (Å²) >= 11 is 0. The van der Waals surface area contributed by atoms with Gasteiger partial charge in [0.25, 0.3) is 5.16 Å². The Kier molecular flexibility index (Phi) is 4.14. The number of aryl methyl sites for hydroxylation is 1. The molecule has 0 fully saturated rings. The van der Waals surface area contributed by atoms with E-state index in [9.17, 15) is 8.42 Å². The van der Waals surface area contributed by atoms with E-state index in [0.29, 0.717) is 5.69 Å². The van der Waals surface area contributed by atoms with Gasteiger partial charge in [-0.05, 0) is 12.8 Å². The van der Waals surface area contributed by atoms with Crippen LogP contribution in [0.4, 0.5) is 0 Å². The summed E-state index contributed by atoms with van der Waals surface area (Å²) in [5, 5.41) is 6.94. The van der Waals surface area contributed by atoms with Gasteiger partial charge in [0.15, 0.2) is 0 Å². The van der Waals surface area contributed by atoms with Crippen LogP contribution in [-0.4, -0.2) is 29.9 Å². The van der Waals surface area contributed by atoms with E-state index in [2.05, 4.69) is 22.1 Å².